The van der Waals surface area contributed by atoms with E-state index in [9.17, 15) is 4.79 Å². The van der Waals surface area contributed by atoms with Crippen LogP contribution in [0.1, 0.15) is 34.1 Å². The van der Waals surface area contributed by atoms with Gasteiger partial charge in [-0.25, -0.2) is 4.68 Å². The lowest BCUT2D eigenvalue weighted by atomic mass is 10.2. The van der Waals surface area contributed by atoms with Crippen molar-refractivity contribution in [2.75, 3.05) is 31.5 Å². The molecule has 0 fully saturated rings. The predicted octanol–water partition coefficient (Wildman–Crippen LogP) is 2.70. The third-order valence-electron chi connectivity index (χ3n) is 3.25. The Morgan fingerprint density at radius 3 is 2.67 bits per heavy atom. The molecule has 1 heterocycles. The molecule has 0 aliphatic carbocycles. The first-order chi connectivity index (χ1) is 9.99. The van der Waals surface area contributed by atoms with E-state index in [0.717, 1.165) is 32.6 Å². The number of halogens is 1. The molecule has 1 rings (SSSR count). The van der Waals surface area contributed by atoms with Gasteiger partial charge < -0.3 is 10.2 Å². The van der Waals surface area contributed by atoms with Crippen LogP contribution in [0.5, 0.6) is 0 Å². The number of hydrogen-bond donors (Lipinski definition) is 1. The van der Waals surface area contributed by atoms with Crippen LogP contribution in [0.15, 0.2) is 11.0 Å². The van der Waals surface area contributed by atoms with Gasteiger partial charge in [0.1, 0.15) is 5.02 Å². The second-order valence-corrected chi connectivity index (χ2v) is 5.99. The van der Waals surface area contributed by atoms with Crippen molar-refractivity contribution < 1.29 is 0 Å². The number of anilines is 1. The van der Waals surface area contributed by atoms with Gasteiger partial charge in [0.05, 0.1) is 11.9 Å². The van der Waals surface area contributed by atoms with Gasteiger partial charge in [0, 0.05) is 19.6 Å². The second kappa shape index (κ2) is 9.05. The number of rotatable bonds is 9. The fraction of sp³-hybridized carbons (Fsp3) is 0.733. The van der Waals surface area contributed by atoms with Crippen LogP contribution in [0.4, 0.5) is 5.69 Å². The minimum absolute atomic E-state index is 0.226. The van der Waals surface area contributed by atoms with E-state index in [1.165, 1.54) is 4.68 Å². The van der Waals surface area contributed by atoms with Crippen LogP contribution >= 0.6 is 11.6 Å². The van der Waals surface area contributed by atoms with Crippen LogP contribution in [0.2, 0.25) is 5.02 Å². The molecule has 0 aliphatic heterocycles. The lowest BCUT2D eigenvalue weighted by Crippen LogP contribution is -2.30. The molecule has 0 radical (unpaired) electrons. The summed E-state index contributed by atoms with van der Waals surface area (Å²) in [5.41, 5.74) is 0.394. The highest BCUT2D eigenvalue weighted by Crippen LogP contribution is 2.15. The first kappa shape index (κ1) is 18.0. The lowest BCUT2D eigenvalue weighted by molar-refractivity contribution is 0.300. The van der Waals surface area contributed by atoms with Gasteiger partial charge in [-0.3, -0.25) is 4.79 Å². The summed E-state index contributed by atoms with van der Waals surface area (Å²) >= 11 is 6.14. The molecule has 1 aromatic rings. The Hall–Kier alpha value is -1.07. The molecule has 0 aromatic carbocycles. The van der Waals surface area contributed by atoms with E-state index in [1.807, 2.05) is 13.8 Å². The third kappa shape index (κ3) is 5.67. The number of hydrogen-bond acceptors (Lipinski definition) is 4. The Morgan fingerprint density at radius 2 is 2.10 bits per heavy atom. The van der Waals surface area contributed by atoms with Crippen molar-refractivity contribution in [2.24, 2.45) is 5.92 Å². The fourth-order valence-electron chi connectivity index (χ4n) is 2.16. The average molecular weight is 315 g/mol. The van der Waals surface area contributed by atoms with Crippen LogP contribution in [0.25, 0.3) is 0 Å². The third-order valence-corrected chi connectivity index (χ3v) is 3.62. The normalized spacial score (nSPS) is 11.4. The Bertz CT molecular complexity index is 487. The molecule has 6 heteroatoms. The van der Waals surface area contributed by atoms with Crippen molar-refractivity contribution in [1.82, 2.24) is 14.7 Å². The van der Waals surface area contributed by atoms with E-state index in [0.29, 0.717) is 18.2 Å². The van der Waals surface area contributed by atoms with E-state index in [4.69, 9.17) is 11.6 Å². The van der Waals surface area contributed by atoms with Gasteiger partial charge >= 0.3 is 0 Å². The minimum atomic E-state index is -0.226. The van der Waals surface area contributed by atoms with Crippen molar-refractivity contribution >= 4 is 17.3 Å². The summed E-state index contributed by atoms with van der Waals surface area (Å²) in [6.07, 6.45) is 2.78. The van der Waals surface area contributed by atoms with Gasteiger partial charge in [0.25, 0.3) is 5.56 Å². The van der Waals surface area contributed by atoms with E-state index < -0.39 is 0 Å². The minimum Gasteiger partial charge on any atom is -0.381 e. The number of nitrogens with zero attached hydrogens (tertiary/aromatic N) is 3. The molecule has 120 valence electrons. The summed E-state index contributed by atoms with van der Waals surface area (Å²) in [5, 5.41) is 7.61. The highest BCUT2D eigenvalue weighted by molar-refractivity contribution is 6.32. The zero-order valence-corrected chi connectivity index (χ0v) is 14.3. The van der Waals surface area contributed by atoms with Gasteiger partial charge in [0.2, 0.25) is 0 Å². The lowest BCUT2D eigenvalue weighted by Gasteiger charge is -2.20. The monoisotopic (exact) mass is 314 g/mol. The predicted molar refractivity (Wildman–Crippen MR) is 89.2 cm³/mol. The average Bonchev–Trinajstić information content (AvgIpc) is 2.45. The zero-order valence-electron chi connectivity index (χ0n) is 13.5. The van der Waals surface area contributed by atoms with Crippen molar-refractivity contribution in [2.45, 2.75) is 40.7 Å². The Kier molecular flexibility index (Phi) is 7.75. The standard InChI is InChI=1S/C15H27ClN4O/c1-5-8-19(6-2)9-7-17-13-10-18-20(11-12(3)4)15(21)14(13)16/h10,12,17H,5-9,11H2,1-4H3. The molecule has 5 nitrogen and oxygen atoms in total. The van der Waals surface area contributed by atoms with Crippen molar-refractivity contribution in [3.8, 4) is 0 Å². The molecule has 0 bridgehead atoms. The maximum absolute atomic E-state index is 12.1. The van der Waals surface area contributed by atoms with Gasteiger partial charge in [-0.15, -0.1) is 0 Å². The molecule has 0 saturated heterocycles. The zero-order chi connectivity index (χ0) is 15.8. The van der Waals surface area contributed by atoms with Crippen LogP contribution in [0, 0.1) is 5.92 Å². The topological polar surface area (TPSA) is 50.2 Å². The van der Waals surface area contributed by atoms with Crippen molar-refractivity contribution in [1.29, 1.82) is 0 Å². The van der Waals surface area contributed by atoms with Crippen LogP contribution < -0.4 is 10.9 Å². The van der Waals surface area contributed by atoms with Gasteiger partial charge in [-0.1, -0.05) is 39.3 Å². The maximum atomic E-state index is 12.1. The fourth-order valence-corrected chi connectivity index (χ4v) is 2.37. The molecule has 1 N–H and O–H groups in total. The highest BCUT2D eigenvalue weighted by Gasteiger charge is 2.10. The summed E-state index contributed by atoms with van der Waals surface area (Å²) in [6, 6.07) is 0. The molecular weight excluding hydrogens is 288 g/mol. The van der Waals surface area contributed by atoms with E-state index in [1.54, 1.807) is 6.20 Å². The van der Waals surface area contributed by atoms with Crippen LogP contribution in [-0.2, 0) is 6.54 Å². The summed E-state index contributed by atoms with van der Waals surface area (Å²) in [7, 11) is 0. The van der Waals surface area contributed by atoms with Gasteiger partial charge in [-0.2, -0.15) is 5.10 Å². The van der Waals surface area contributed by atoms with E-state index >= 15 is 0 Å². The molecule has 0 aliphatic rings. The summed E-state index contributed by atoms with van der Waals surface area (Å²) in [4.78, 5) is 14.5. The van der Waals surface area contributed by atoms with Crippen LogP contribution in [0.3, 0.4) is 0 Å². The molecule has 0 atom stereocenters. The van der Waals surface area contributed by atoms with E-state index in [-0.39, 0.29) is 10.6 Å². The molecular formula is C15H27ClN4O. The van der Waals surface area contributed by atoms with Gasteiger partial charge in [0.15, 0.2) is 0 Å². The maximum Gasteiger partial charge on any atom is 0.287 e. The summed E-state index contributed by atoms with van der Waals surface area (Å²) in [6.45, 7) is 12.8. The van der Waals surface area contributed by atoms with Crippen molar-refractivity contribution in [3.63, 3.8) is 0 Å². The number of aromatic nitrogens is 2. The molecule has 0 unspecified atom stereocenters. The quantitative estimate of drug-likeness (QED) is 0.761. The first-order valence-electron chi connectivity index (χ1n) is 7.71. The molecule has 0 saturated carbocycles. The first-order valence-corrected chi connectivity index (χ1v) is 8.09. The SMILES string of the molecule is CCCN(CC)CCNc1cnn(CC(C)C)c(=O)c1Cl. The van der Waals surface area contributed by atoms with Crippen LogP contribution in [-0.4, -0.2) is 40.9 Å². The Morgan fingerprint density at radius 1 is 1.38 bits per heavy atom. The summed E-state index contributed by atoms with van der Waals surface area (Å²) in [5.74, 6) is 0.359. The Labute approximate surface area is 132 Å². The number of likely N-dealkylation sites (N-methyl/N-ethyl adjacent to an activating group) is 1. The Balaban J connectivity index is 2.64. The summed E-state index contributed by atoms with van der Waals surface area (Å²) < 4.78 is 1.42. The molecule has 0 amide bonds. The largest absolute Gasteiger partial charge is 0.381 e. The van der Waals surface area contributed by atoms with Gasteiger partial charge in [-0.05, 0) is 25.4 Å². The van der Waals surface area contributed by atoms with Crippen molar-refractivity contribution in [3.05, 3.63) is 21.6 Å². The molecule has 0 spiro atoms. The molecule has 21 heavy (non-hydrogen) atoms. The van der Waals surface area contributed by atoms with E-state index in [2.05, 4.69) is 29.2 Å². The highest BCUT2D eigenvalue weighted by atomic mass is 35.5. The second-order valence-electron chi connectivity index (χ2n) is 5.61. The number of nitrogens with one attached hydrogen (secondary N) is 1. The smallest absolute Gasteiger partial charge is 0.287 e. The molecule has 1 aromatic heterocycles.